The molecule has 1 amide bonds. The quantitative estimate of drug-likeness (QED) is 0.914. The monoisotopic (exact) mass is 331 g/mol. The average Bonchev–Trinajstić information content (AvgIpc) is 2.98. The summed E-state index contributed by atoms with van der Waals surface area (Å²) in [4.78, 5) is 14.8. The highest BCUT2D eigenvalue weighted by Gasteiger charge is 2.28. The van der Waals surface area contributed by atoms with E-state index in [4.69, 9.17) is 9.15 Å². The van der Waals surface area contributed by atoms with E-state index in [1.165, 1.54) is 0 Å². The van der Waals surface area contributed by atoms with Crippen molar-refractivity contribution >= 4 is 16.9 Å². The highest BCUT2D eigenvalue weighted by Crippen LogP contribution is 2.29. The zero-order valence-electron chi connectivity index (χ0n) is 14.3. The van der Waals surface area contributed by atoms with E-state index in [2.05, 4.69) is 0 Å². The molecule has 0 radical (unpaired) electrons. The number of carbonyl (C=O) groups is 1. The van der Waals surface area contributed by atoms with Crippen LogP contribution in [0.15, 0.2) is 28.7 Å². The van der Waals surface area contributed by atoms with Gasteiger partial charge in [-0.3, -0.25) is 4.79 Å². The van der Waals surface area contributed by atoms with Crippen molar-refractivity contribution in [1.82, 2.24) is 4.90 Å². The van der Waals surface area contributed by atoms with Gasteiger partial charge < -0.3 is 19.2 Å². The van der Waals surface area contributed by atoms with Crippen molar-refractivity contribution in [2.75, 3.05) is 19.7 Å². The largest absolute Gasteiger partial charge is 0.451 e. The molecule has 1 fully saturated rings. The number of rotatable bonds is 5. The molecule has 24 heavy (non-hydrogen) atoms. The maximum absolute atomic E-state index is 12.9. The first-order chi connectivity index (χ1) is 11.6. The molecule has 130 valence electrons. The first kappa shape index (κ1) is 17.0. The fraction of sp³-hybridized carbons (Fsp3) is 0.526. The standard InChI is InChI=1S/C19H25NO4/c1-13(2)23-12-16-15-5-3-4-6-17(15)24-18(16)19(22)20-9-7-14(11-21)8-10-20/h3-6,13-14,21H,7-12H2,1-2H3. The molecule has 0 spiro atoms. The lowest BCUT2D eigenvalue weighted by molar-refractivity contribution is 0.0565. The van der Waals surface area contributed by atoms with E-state index >= 15 is 0 Å². The van der Waals surface area contributed by atoms with E-state index in [0.29, 0.717) is 37.0 Å². The smallest absolute Gasteiger partial charge is 0.289 e. The number of amides is 1. The number of aliphatic hydroxyl groups is 1. The van der Waals surface area contributed by atoms with Crippen molar-refractivity contribution in [3.63, 3.8) is 0 Å². The molecule has 5 nitrogen and oxygen atoms in total. The number of likely N-dealkylation sites (tertiary alicyclic amines) is 1. The molecular weight excluding hydrogens is 306 g/mol. The molecule has 2 heterocycles. The molecule has 1 aliphatic heterocycles. The average molecular weight is 331 g/mol. The molecule has 1 saturated heterocycles. The Hall–Kier alpha value is -1.85. The Labute approximate surface area is 142 Å². The number of ether oxygens (including phenoxy) is 1. The number of nitrogens with zero attached hydrogens (tertiary/aromatic N) is 1. The van der Waals surface area contributed by atoms with Gasteiger partial charge in [-0.1, -0.05) is 18.2 Å². The normalized spacial score (nSPS) is 16.2. The SMILES string of the molecule is CC(C)OCc1c(C(=O)N2CCC(CO)CC2)oc2ccccc12. The topological polar surface area (TPSA) is 62.9 Å². The summed E-state index contributed by atoms with van der Waals surface area (Å²) < 4.78 is 11.6. The minimum absolute atomic E-state index is 0.0788. The van der Waals surface area contributed by atoms with Gasteiger partial charge in [0.05, 0.1) is 12.7 Å². The van der Waals surface area contributed by atoms with Crippen LogP contribution in [0.1, 0.15) is 42.8 Å². The maximum atomic E-state index is 12.9. The van der Waals surface area contributed by atoms with Crippen molar-refractivity contribution in [2.24, 2.45) is 5.92 Å². The van der Waals surface area contributed by atoms with Crippen molar-refractivity contribution in [3.05, 3.63) is 35.6 Å². The third-order valence-corrected chi connectivity index (χ3v) is 4.61. The van der Waals surface area contributed by atoms with Gasteiger partial charge in [-0.15, -0.1) is 0 Å². The second-order valence-corrected chi connectivity index (χ2v) is 6.68. The molecule has 5 heteroatoms. The Morgan fingerprint density at radius 2 is 2.04 bits per heavy atom. The fourth-order valence-electron chi connectivity index (χ4n) is 3.13. The van der Waals surface area contributed by atoms with Gasteiger partial charge in [-0.2, -0.15) is 0 Å². The van der Waals surface area contributed by atoms with Crippen LogP contribution in [0, 0.1) is 5.92 Å². The van der Waals surface area contributed by atoms with Gasteiger partial charge in [0.2, 0.25) is 0 Å². The third kappa shape index (κ3) is 3.47. The number of carbonyl (C=O) groups excluding carboxylic acids is 1. The summed E-state index contributed by atoms with van der Waals surface area (Å²) in [6, 6.07) is 7.69. The number of fused-ring (bicyclic) bond motifs is 1. The fourth-order valence-corrected chi connectivity index (χ4v) is 3.13. The van der Waals surface area contributed by atoms with Crippen LogP contribution in [-0.4, -0.2) is 41.7 Å². The molecule has 0 atom stereocenters. The van der Waals surface area contributed by atoms with Gasteiger partial charge in [-0.25, -0.2) is 0 Å². The second kappa shape index (κ2) is 7.36. The Morgan fingerprint density at radius 1 is 1.33 bits per heavy atom. The molecule has 0 saturated carbocycles. The predicted molar refractivity (Wildman–Crippen MR) is 91.9 cm³/mol. The highest BCUT2D eigenvalue weighted by atomic mass is 16.5. The molecule has 3 rings (SSSR count). The first-order valence-corrected chi connectivity index (χ1v) is 8.62. The van der Waals surface area contributed by atoms with Gasteiger partial charge in [0.1, 0.15) is 5.58 Å². The molecular formula is C19H25NO4. The minimum atomic E-state index is -0.0788. The number of hydrogen-bond donors (Lipinski definition) is 1. The Balaban J connectivity index is 1.87. The Morgan fingerprint density at radius 3 is 2.71 bits per heavy atom. The van der Waals surface area contributed by atoms with Crippen molar-refractivity contribution in [3.8, 4) is 0 Å². The molecule has 1 aromatic heterocycles. The lowest BCUT2D eigenvalue weighted by atomic mass is 9.97. The number of furan rings is 1. The molecule has 0 unspecified atom stereocenters. The molecule has 1 aromatic carbocycles. The van der Waals surface area contributed by atoms with Crippen LogP contribution in [0.2, 0.25) is 0 Å². The number of benzene rings is 1. The van der Waals surface area contributed by atoms with Crippen LogP contribution in [0.4, 0.5) is 0 Å². The Kier molecular flexibility index (Phi) is 5.21. The summed E-state index contributed by atoms with van der Waals surface area (Å²) in [5.74, 6) is 0.609. The number of hydrogen-bond acceptors (Lipinski definition) is 4. The predicted octanol–water partition coefficient (Wildman–Crippen LogP) is 3.20. The van der Waals surface area contributed by atoms with E-state index in [1.54, 1.807) is 0 Å². The van der Waals surface area contributed by atoms with Gasteiger partial charge in [0.25, 0.3) is 5.91 Å². The highest BCUT2D eigenvalue weighted by molar-refractivity contribution is 5.99. The zero-order valence-corrected chi connectivity index (χ0v) is 14.3. The number of piperidine rings is 1. The number of aliphatic hydroxyl groups excluding tert-OH is 1. The van der Waals surface area contributed by atoms with Crippen LogP contribution in [0.3, 0.4) is 0 Å². The van der Waals surface area contributed by atoms with Crippen LogP contribution < -0.4 is 0 Å². The Bertz CT molecular complexity index is 698. The summed E-state index contributed by atoms with van der Waals surface area (Å²) in [5.41, 5.74) is 1.54. The van der Waals surface area contributed by atoms with E-state index < -0.39 is 0 Å². The number of para-hydroxylation sites is 1. The molecule has 2 aromatic rings. The van der Waals surface area contributed by atoms with Crippen LogP contribution in [0.25, 0.3) is 11.0 Å². The molecule has 0 bridgehead atoms. The molecule has 1 N–H and O–H groups in total. The zero-order chi connectivity index (χ0) is 17.1. The minimum Gasteiger partial charge on any atom is -0.451 e. The van der Waals surface area contributed by atoms with Crippen molar-refractivity contribution in [1.29, 1.82) is 0 Å². The van der Waals surface area contributed by atoms with Crippen LogP contribution in [-0.2, 0) is 11.3 Å². The summed E-state index contributed by atoms with van der Waals surface area (Å²) in [5, 5.41) is 10.2. The van der Waals surface area contributed by atoms with Crippen LogP contribution in [0.5, 0.6) is 0 Å². The third-order valence-electron chi connectivity index (χ3n) is 4.61. The maximum Gasteiger partial charge on any atom is 0.289 e. The van der Waals surface area contributed by atoms with Crippen molar-refractivity contribution < 1.29 is 19.1 Å². The summed E-state index contributed by atoms with van der Waals surface area (Å²) >= 11 is 0. The van der Waals surface area contributed by atoms with E-state index in [-0.39, 0.29) is 18.6 Å². The van der Waals surface area contributed by atoms with Crippen LogP contribution >= 0.6 is 0 Å². The lowest BCUT2D eigenvalue weighted by Gasteiger charge is -2.30. The first-order valence-electron chi connectivity index (χ1n) is 8.62. The lowest BCUT2D eigenvalue weighted by Crippen LogP contribution is -2.39. The van der Waals surface area contributed by atoms with E-state index in [1.807, 2.05) is 43.0 Å². The van der Waals surface area contributed by atoms with Gasteiger partial charge in [-0.05, 0) is 38.7 Å². The molecule has 1 aliphatic rings. The van der Waals surface area contributed by atoms with Gasteiger partial charge in [0, 0.05) is 30.6 Å². The summed E-state index contributed by atoms with van der Waals surface area (Å²) in [6.45, 7) is 5.83. The van der Waals surface area contributed by atoms with Gasteiger partial charge in [0.15, 0.2) is 5.76 Å². The van der Waals surface area contributed by atoms with E-state index in [0.717, 1.165) is 23.8 Å². The second-order valence-electron chi connectivity index (χ2n) is 6.68. The van der Waals surface area contributed by atoms with E-state index in [9.17, 15) is 9.90 Å². The van der Waals surface area contributed by atoms with Gasteiger partial charge >= 0.3 is 0 Å². The molecule has 0 aliphatic carbocycles. The summed E-state index contributed by atoms with van der Waals surface area (Å²) in [6.07, 6.45) is 1.75. The van der Waals surface area contributed by atoms with Crippen molar-refractivity contribution in [2.45, 2.75) is 39.4 Å². The summed E-state index contributed by atoms with van der Waals surface area (Å²) in [7, 11) is 0.